The van der Waals surface area contributed by atoms with E-state index in [4.69, 9.17) is 11.6 Å². The monoisotopic (exact) mass is 470 g/mol. The van der Waals surface area contributed by atoms with Crippen molar-refractivity contribution >= 4 is 57.7 Å². The van der Waals surface area contributed by atoms with Crippen LogP contribution in [0.4, 0.5) is 5.69 Å². The minimum absolute atomic E-state index is 0.120. The number of hydrogen-bond donors (Lipinski definition) is 1. The third kappa shape index (κ3) is 4.17. The first-order chi connectivity index (χ1) is 15.2. The van der Waals surface area contributed by atoms with E-state index >= 15 is 0 Å². The molecule has 2 aromatic heterocycles. The van der Waals surface area contributed by atoms with Gasteiger partial charge in [-0.2, -0.15) is 8.75 Å². The van der Waals surface area contributed by atoms with Gasteiger partial charge >= 0.3 is 0 Å². The average Bonchev–Trinajstić information content (AvgIpc) is 3.52. The molecule has 0 unspecified atom stereocenters. The summed E-state index contributed by atoms with van der Waals surface area (Å²) in [5, 5.41) is 13.2. The van der Waals surface area contributed by atoms with Crippen molar-refractivity contribution in [2.24, 2.45) is 0 Å². The topological polar surface area (TPSA) is 85.6 Å². The van der Waals surface area contributed by atoms with Gasteiger partial charge in [-0.05, 0) is 37.1 Å². The zero-order chi connectivity index (χ0) is 21.2. The molecule has 10 heteroatoms. The van der Waals surface area contributed by atoms with E-state index in [9.17, 15) is 4.79 Å². The lowest BCUT2D eigenvalue weighted by molar-refractivity contribution is -0.113. The zero-order valence-corrected chi connectivity index (χ0v) is 18.9. The molecular weight excluding hydrogens is 452 g/mol. The van der Waals surface area contributed by atoms with Crippen molar-refractivity contribution in [2.75, 3.05) is 11.1 Å². The van der Waals surface area contributed by atoms with Gasteiger partial charge in [0.2, 0.25) is 5.91 Å². The van der Waals surface area contributed by atoms with Crippen LogP contribution in [-0.4, -0.2) is 35.2 Å². The van der Waals surface area contributed by atoms with Gasteiger partial charge in [0.1, 0.15) is 11.0 Å². The van der Waals surface area contributed by atoms with E-state index in [2.05, 4.69) is 28.8 Å². The van der Waals surface area contributed by atoms with Crippen molar-refractivity contribution in [3.8, 4) is 11.4 Å². The third-order valence-corrected chi connectivity index (χ3v) is 7.18. The second-order valence-electron chi connectivity index (χ2n) is 7.37. The lowest BCUT2D eigenvalue weighted by Gasteiger charge is -2.17. The number of carbonyl (C=O) groups excluding carboxylic acids is 1. The summed E-state index contributed by atoms with van der Waals surface area (Å²) < 4.78 is 10.7. The number of halogens is 1. The number of aromatic nitrogens is 5. The van der Waals surface area contributed by atoms with E-state index in [1.807, 2.05) is 42.5 Å². The van der Waals surface area contributed by atoms with Crippen LogP contribution in [0.5, 0.6) is 0 Å². The molecule has 0 spiro atoms. The quantitative estimate of drug-likeness (QED) is 0.377. The zero-order valence-electron chi connectivity index (χ0n) is 16.5. The van der Waals surface area contributed by atoms with E-state index < -0.39 is 0 Å². The van der Waals surface area contributed by atoms with Crippen LogP contribution in [0, 0.1) is 0 Å². The molecule has 1 aliphatic carbocycles. The summed E-state index contributed by atoms with van der Waals surface area (Å²) in [6.07, 6.45) is 4.52. The number of carbonyl (C=O) groups is 1. The molecule has 5 rings (SSSR count). The summed E-state index contributed by atoms with van der Waals surface area (Å²) in [6, 6.07) is 13.6. The maximum atomic E-state index is 12.7. The second-order valence-corrected chi connectivity index (χ2v) is 9.25. The first-order valence-corrected chi connectivity index (χ1v) is 12.1. The molecule has 2 heterocycles. The van der Waals surface area contributed by atoms with Crippen molar-refractivity contribution in [1.82, 2.24) is 23.5 Å². The Balaban J connectivity index is 1.37. The number of fused-ring (bicyclic) bond motifs is 1. The highest BCUT2D eigenvalue weighted by molar-refractivity contribution is 7.99. The molecule has 2 aromatic carbocycles. The number of hydrogen-bond acceptors (Lipinski definition) is 7. The first kappa shape index (κ1) is 20.4. The molecule has 0 saturated heterocycles. The first-order valence-electron chi connectivity index (χ1n) is 10.0. The second kappa shape index (κ2) is 8.94. The molecule has 0 radical (unpaired) electrons. The molecule has 31 heavy (non-hydrogen) atoms. The molecule has 0 atom stereocenters. The number of benzene rings is 2. The van der Waals surface area contributed by atoms with Crippen LogP contribution >= 0.6 is 35.1 Å². The Morgan fingerprint density at radius 1 is 1.13 bits per heavy atom. The molecule has 1 saturated carbocycles. The molecular formula is C21H19ClN6OS2. The van der Waals surface area contributed by atoms with Gasteiger partial charge in [0.25, 0.3) is 0 Å². The summed E-state index contributed by atoms with van der Waals surface area (Å²) in [5.41, 5.74) is 3.02. The Hall–Kier alpha value is -2.49. The maximum absolute atomic E-state index is 12.7. The van der Waals surface area contributed by atoms with Crippen molar-refractivity contribution in [3.05, 3.63) is 47.5 Å². The number of thioether (sulfide) groups is 1. The van der Waals surface area contributed by atoms with E-state index in [1.165, 1.54) is 24.6 Å². The van der Waals surface area contributed by atoms with Gasteiger partial charge in [0.05, 0.1) is 28.2 Å². The maximum Gasteiger partial charge on any atom is 0.234 e. The normalized spacial score (nSPS) is 14.4. The van der Waals surface area contributed by atoms with Crippen LogP contribution < -0.4 is 5.32 Å². The standard InChI is InChI=1S/C21H19ClN6OS2/c22-15-9-4-3-8-14(15)20-24-25-21(28(20)13-6-1-2-7-13)30-12-18(29)23-16-10-5-11-17-19(16)27-31-26-17/h3-5,8-11,13H,1-2,6-7,12H2,(H,23,29). The Morgan fingerprint density at radius 2 is 1.97 bits per heavy atom. The van der Waals surface area contributed by atoms with Gasteiger partial charge < -0.3 is 5.32 Å². The fourth-order valence-corrected chi connectivity index (χ4v) is 5.49. The number of rotatable bonds is 6. The van der Waals surface area contributed by atoms with Gasteiger partial charge in [-0.25, -0.2) is 0 Å². The van der Waals surface area contributed by atoms with Crippen LogP contribution in [0.25, 0.3) is 22.4 Å². The van der Waals surface area contributed by atoms with Gasteiger partial charge in [-0.15, -0.1) is 10.2 Å². The van der Waals surface area contributed by atoms with Crippen molar-refractivity contribution in [2.45, 2.75) is 36.9 Å². The lowest BCUT2D eigenvalue weighted by Crippen LogP contribution is -2.15. The van der Waals surface area contributed by atoms with Crippen molar-refractivity contribution in [3.63, 3.8) is 0 Å². The van der Waals surface area contributed by atoms with Crippen LogP contribution in [0.2, 0.25) is 5.02 Å². The predicted octanol–water partition coefficient (Wildman–Crippen LogP) is 5.45. The number of nitrogens with zero attached hydrogens (tertiary/aromatic N) is 5. The smallest absolute Gasteiger partial charge is 0.234 e. The van der Waals surface area contributed by atoms with E-state index in [-0.39, 0.29) is 11.7 Å². The highest BCUT2D eigenvalue weighted by atomic mass is 35.5. The fraction of sp³-hybridized carbons (Fsp3) is 0.286. The number of amides is 1. The average molecular weight is 471 g/mol. The third-order valence-electron chi connectivity index (χ3n) is 5.36. The van der Waals surface area contributed by atoms with Gasteiger partial charge in [0.15, 0.2) is 11.0 Å². The van der Waals surface area contributed by atoms with Crippen LogP contribution in [-0.2, 0) is 4.79 Å². The van der Waals surface area contributed by atoms with Crippen molar-refractivity contribution in [1.29, 1.82) is 0 Å². The molecule has 158 valence electrons. The lowest BCUT2D eigenvalue weighted by atomic mass is 10.2. The number of anilines is 1. The van der Waals surface area contributed by atoms with Crippen LogP contribution in [0.15, 0.2) is 47.6 Å². The Kier molecular flexibility index (Phi) is 5.89. The molecule has 1 aliphatic rings. The molecule has 1 N–H and O–H groups in total. The van der Waals surface area contributed by atoms with Crippen molar-refractivity contribution < 1.29 is 4.79 Å². The highest BCUT2D eigenvalue weighted by Gasteiger charge is 2.26. The van der Waals surface area contributed by atoms with E-state index in [0.717, 1.165) is 46.6 Å². The molecule has 1 amide bonds. The Labute approximate surface area is 192 Å². The molecule has 0 bridgehead atoms. The van der Waals surface area contributed by atoms with Gasteiger partial charge in [-0.3, -0.25) is 9.36 Å². The minimum atomic E-state index is -0.120. The molecule has 4 aromatic rings. The van der Waals surface area contributed by atoms with Gasteiger partial charge in [0, 0.05) is 11.6 Å². The Morgan fingerprint density at radius 3 is 2.81 bits per heavy atom. The predicted molar refractivity (Wildman–Crippen MR) is 125 cm³/mol. The minimum Gasteiger partial charge on any atom is -0.323 e. The van der Waals surface area contributed by atoms with Crippen LogP contribution in [0.1, 0.15) is 31.7 Å². The van der Waals surface area contributed by atoms with E-state index in [1.54, 1.807) is 0 Å². The van der Waals surface area contributed by atoms with Gasteiger partial charge in [-0.1, -0.05) is 54.4 Å². The molecule has 0 aliphatic heterocycles. The number of nitrogens with one attached hydrogen (secondary N) is 1. The van der Waals surface area contributed by atoms with Crippen LogP contribution in [0.3, 0.4) is 0 Å². The summed E-state index contributed by atoms with van der Waals surface area (Å²) >= 11 is 8.96. The summed E-state index contributed by atoms with van der Waals surface area (Å²) in [5.74, 6) is 0.867. The molecule has 1 fully saturated rings. The summed E-state index contributed by atoms with van der Waals surface area (Å²) in [7, 11) is 0. The fourth-order valence-electron chi connectivity index (χ4n) is 3.92. The SMILES string of the molecule is O=C(CSc1nnc(-c2ccccc2Cl)n1C1CCCC1)Nc1cccc2nsnc12. The molecule has 7 nitrogen and oxygen atoms in total. The summed E-state index contributed by atoms with van der Waals surface area (Å²) in [4.78, 5) is 12.7. The van der Waals surface area contributed by atoms with E-state index in [0.29, 0.717) is 22.3 Å². The Bertz CT molecular complexity index is 1230. The largest absolute Gasteiger partial charge is 0.323 e. The summed E-state index contributed by atoms with van der Waals surface area (Å²) in [6.45, 7) is 0. The highest BCUT2D eigenvalue weighted by Crippen LogP contribution is 2.38.